The minimum atomic E-state index is -3.84. The van der Waals surface area contributed by atoms with Crippen LogP contribution in [0.2, 0.25) is 8.67 Å². The van der Waals surface area contributed by atoms with Gasteiger partial charge >= 0.3 is 0 Å². The van der Waals surface area contributed by atoms with Crippen molar-refractivity contribution in [3.05, 3.63) is 49.0 Å². The van der Waals surface area contributed by atoms with E-state index in [0.717, 1.165) is 43.8 Å². The largest absolute Gasteiger partial charge is 0.342 e. The Morgan fingerprint density at radius 3 is 2.42 bits per heavy atom. The Labute approximate surface area is 258 Å². The first kappa shape index (κ1) is 31.7. The van der Waals surface area contributed by atoms with Crippen LogP contribution in [0.15, 0.2) is 39.7 Å². The van der Waals surface area contributed by atoms with Gasteiger partial charge in [0.05, 0.1) is 4.47 Å². The van der Waals surface area contributed by atoms with Gasteiger partial charge in [-0.15, -0.1) is 11.3 Å². The monoisotopic (exact) mass is 692 g/mol. The Morgan fingerprint density at radius 2 is 1.80 bits per heavy atom. The van der Waals surface area contributed by atoms with Gasteiger partial charge in [0.15, 0.2) is 0 Å². The molecule has 2 saturated heterocycles. The molecule has 3 heterocycles. The van der Waals surface area contributed by atoms with E-state index < -0.39 is 21.6 Å². The number of likely N-dealkylation sites (tertiary alicyclic amines) is 1. The molecule has 2 aromatic rings. The smallest absolute Gasteiger partial charge is 0.246 e. The maximum Gasteiger partial charge on any atom is 0.246 e. The van der Waals surface area contributed by atoms with Crippen molar-refractivity contribution in [1.29, 1.82) is 0 Å². The Morgan fingerprint density at radius 1 is 1.10 bits per heavy atom. The summed E-state index contributed by atoms with van der Waals surface area (Å²) in [7, 11) is -3.84. The second kappa shape index (κ2) is 13.8. The second-order valence-electron chi connectivity index (χ2n) is 10.3. The third kappa shape index (κ3) is 7.04. The number of sulfonamides is 1. The number of piperidine rings is 1. The zero-order chi connectivity index (χ0) is 28.9. The maximum absolute atomic E-state index is 13.6. The van der Waals surface area contributed by atoms with E-state index in [1.165, 1.54) is 5.56 Å². The Balaban J connectivity index is 1.29. The number of nitrogens with one attached hydrogen (secondary N) is 2. The number of nitrogens with zero attached hydrogens (tertiary/aromatic N) is 2. The highest BCUT2D eigenvalue weighted by molar-refractivity contribution is 9.10. The molecule has 1 spiro atoms. The molecule has 2 amide bonds. The van der Waals surface area contributed by atoms with Gasteiger partial charge in [0.1, 0.15) is 25.1 Å². The molecule has 1 atom stereocenters. The highest BCUT2D eigenvalue weighted by atomic mass is 79.9. The topological polar surface area (TPSA) is 98.8 Å². The number of unbranched alkanes of at least 4 members (excludes halogenated alkanes) is 1. The summed E-state index contributed by atoms with van der Waals surface area (Å²) in [4.78, 5) is 31.2. The summed E-state index contributed by atoms with van der Waals surface area (Å²) >= 11 is 16.2. The quantitative estimate of drug-likeness (QED) is 0.302. The van der Waals surface area contributed by atoms with E-state index in [4.69, 9.17) is 23.2 Å². The summed E-state index contributed by atoms with van der Waals surface area (Å²) in [5.41, 5.74) is 0.501. The molecule has 1 aromatic heterocycles. The van der Waals surface area contributed by atoms with Crippen LogP contribution >= 0.6 is 50.5 Å². The molecule has 0 bridgehead atoms. The molecule has 0 saturated carbocycles. The third-order valence-electron chi connectivity index (χ3n) is 7.71. The lowest BCUT2D eigenvalue weighted by atomic mass is 9.81. The SMILES string of the molecule is CCCN1C(=O)[C@H](CCCCNS(=O)(=O)c2c(Cl)sc(Cl)c2Br)NC(=O)C12CCN(CCc1ccccc1)CC2. The average Bonchev–Trinajstić information content (AvgIpc) is 3.20. The molecule has 40 heavy (non-hydrogen) atoms. The van der Waals surface area contributed by atoms with E-state index in [1.807, 2.05) is 30.0 Å². The number of carbonyl (C=O) groups is 2. The molecule has 220 valence electrons. The predicted molar refractivity (Wildman–Crippen MR) is 164 cm³/mol. The molecular formula is C27H35BrCl2N4O4S2. The standard InChI is InChI=1S/C27H35BrCl2N4O4S2/c1-2-15-34-25(35)20(10-6-7-14-31-40(37,38)22-21(28)23(29)39-24(22)30)32-26(36)27(34)12-17-33(18-13-27)16-11-19-8-4-3-5-9-19/h3-5,8-9,20,31H,2,6-7,10-18H2,1H3,(H,32,36)/t20-/m0/s1. The molecule has 2 fully saturated rings. The number of piperazine rings is 1. The first-order valence-electron chi connectivity index (χ1n) is 13.6. The second-order valence-corrected chi connectivity index (χ2v) is 15.0. The van der Waals surface area contributed by atoms with Crippen molar-refractivity contribution < 1.29 is 18.0 Å². The summed E-state index contributed by atoms with van der Waals surface area (Å²) in [6.45, 7) is 5.22. The van der Waals surface area contributed by atoms with Gasteiger partial charge in [-0.1, -0.05) is 60.5 Å². The number of benzene rings is 1. The normalized spacial score (nSPS) is 19.8. The molecule has 1 aromatic carbocycles. The van der Waals surface area contributed by atoms with Gasteiger partial charge in [0.25, 0.3) is 0 Å². The molecule has 2 N–H and O–H groups in total. The fourth-order valence-electron chi connectivity index (χ4n) is 5.52. The minimum Gasteiger partial charge on any atom is -0.342 e. The van der Waals surface area contributed by atoms with E-state index in [0.29, 0.717) is 38.6 Å². The van der Waals surface area contributed by atoms with Gasteiger partial charge in [-0.2, -0.15) is 0 Å². The van der Waals surface area contributed by atoms with E-state index in [1.54, 1.807) is 0 Å². The number of rotatable bonds is 12. The fraction of sp³-hybridized carbons (Fsp3) is 0.556. The molecular weight excluding hydrogens is 659 g/mol. The summed E-state index contributed by atoms with van der Waals surface area (Å²) < 4.78 is 28.5. The van der Waals surface area contributed by atoms with Crippen molar-refractivity contribution in [2.24, 2.45) is 0 Å². The summed E-state index contributed by atoms with van der Waals surface area (Å²) in [5.74, 6) is -0.105. The first-order valence-corrected chi connectivity index (χ1v) is 17.5. The Kier molecular flexibility index (Phi) is 11.0. The number of thiophene rings is 1. The summed E-state index contributed by atoms with van der Waals surface area (Å²) in [5, 5.41) is 3.01. The average molecular weight is 695 g/mol. The van der Waals surface area contributed by atoms with Crippen LogP contribution in [-0.2, 0) is 26.0 Å². The molecule has 8 nitrogen and oxygen atoms in total. The van der Waals surface area contributed by atoms with Crippen molar-refractivity contribution in [1.82, 2.24) is 19.8 Å². The lowest BCUT2D eigenvalue weighted by Crippen LogP contribution is -2.72. The van der Waals surface area contributed by atoms with Gasteiger partial charge in [0.2, 0.25) is 21.8 Å². The van der Waals surface area contributed by atoms with Crippen molar-refractivity contribution in [3.63, 3.8) is 0 Å². The molecule has 0 radical (unpaired) electrons. The van der Waals surface area contributed by atoms with Crippen LogP contribution in [0.4, 0.5) is 0 Å². The van der Waals surface area contributed by atoms with Crippen molar-refractivity contribution in [3.8, 4) is 0 Å². The zero-order valence-corrected chi connectivity index (χ0v) is 27.2. The number of hydrogen-bond donors (Lipinski definition) is 2. The van der Waals surface area contributed by atoms with Gasteiger partial charge in [-0.3, -0.25) is 9.59 Å². The van der Waals surface area contributed by atoms with Crippen LogP contribution in [0.25, 0.3) is 0 Å². The Bertz CT molecular complexity index is 1300. The van der Waals surface area contributed by atoms with Gasteiger partial charge in [-0.25, -0.2) is 13.1 Å². The van der Waals surface area contributed by atoms with Crippen LogP contribution in [0, 0.1) is 0 Å². The van der Waals surface area contributed by atoms with E-state index >= 15 is 0 Å². The number of amides is 2. The predicted octanol–water partition coefficient (Wildman–Crippen LogP) is 5.08. The molecule has 2 aliphatic rings. The van der Waals surface area contributed by atoms with Crippen molar-refractivity contribution in [2.45, 2.75) is 68.3 Å². The Hall–Kier alpha value is -1.21. The molecule has 0 aliphatic carbocycles. The lowest BCUT2D eigenvalue weighted by molar-refractivity contribution is -0.161. The van der Waals surface area contributed by atoms with Crippen molar-refractivity contribution >= 4 is 72.3 Å². The number of hydrogen-bond acceptors (Lipinski definition) is 6. The van der Waals surface area contributed by atoms with E-state index in [9.17, 15) is 18.0 Å². The third-order valence-corrected chi connectivity index (χ3v) is 12.6. The molecule has 2 aliphatic heterocycles. The van der Waals surface area contributed by atoms with Crippen molar-refractivity contribution in [2.75, 3.05) is 32.7 Å². The number of halogens is 3. The fourth-order valence-corrected chi connectivity index (χ4v) is 10.1. The zero-order valence-electron chi connectivity index (χ0n) is 22.4. The highest BCUT2D eigenvalue weighted by Crippen LogP contribution is 2.42. The van der Waals surface area contributed by atoms with Gasteiger partial charge in [-0.05, 0) is 66.4 Å². The maximum atomic E-state index is 13.6. The summed E-state index contributed by atoms with van der Waals surface area (Å²) in [6.07, 6.45) is 4.50. The van der Waals surface area contributed by atoms with E-state index in [-0.39, 0.29) is 36.4 Å². The van der Waals surface area contributed by atoms with E-state index in [2.05, 4.69) is 43.0 Å². The summed E-state index contributed by atoms with van der Waals surface area (Å²) in [6, 6.07) is 9.77. The molecule has 0 unspecified atom stereocenters. The number of carbonyl (C=O) groups excluding carboxylic acids is 2. The van der Waals surface area contributed by atoms with Gasteiger partial charge in [0, 0.05) is 32.7 Å². The van der Waals surface area contributed by atoms with Gasteiger partial charge < -0.3 is 15.1 Å². The van der Waals surface area contributed by atoms with Crippen LogP contribution in [-0.4, -0.2) is 74.3 Å². The minimum absolute atomic E-state index is 0.0385. The van der Waals surface area contributed by atoms with Crippen LogP contribution < -0.4 is 10.0 Å². The molecule has 13 heteroatoms. The lowest BCUT2D eigenvalue weighted by Gasteiger charge is -2.51. The van der Waals surface area contributed by atoms with Crippen LogP contribution in [0.1, 0.15) is 51.0 Å². The van der Waals surface area contributed by atoms with Crippen LogP contribution in [0.5, 0.6) is 0 Å². The highest BCUT2D eigenvalue weighted by Gasteiger charge is 2.53. The molecule has 4 rings (SSSR count). The van der Waals surface area contributed by atoms with Crippen LogP contribution in [0.3, 0.4) is 0 Å². The first-order chi connectivity index (χ1) is 19.1.